The van der Waals surface area contributed by atoms with Crippen LogP contribution >= 0.6 is 0 Å². The first-order valence-corrected chi connectivity index (χ1v) is 4.06. The summed E-state index contributed by atoms with van der Waals surface area (Å²) in [6, 6.07) is 0. The van der Waals surface area contributed by atoms with Crippen LogP contribution in [0, 0.1) is 6.42 Å². The van der Waals surface area contributed by atoms with E-state index in [0.29, 0.717) is 13.2 Å². The summed E-state index contributed by atoms with van der Waals surface area (Å²) in [5.74, 6) is -0.533. The average molecular weight is 163 g/mol. The van der Waals surface area contributed by atoms with Gasteiger partial charge < -0.3 is 9.47 Å². The van der Waals surface area contributed by atoms with Gasteiger partial charge in [0.1, 0.15) is 0 Å². The van der Waals surface area contributed by atoms with Gasteiger partial charge in [0.15, 0.2) is 5.79 Å². The first-order chi connectivity index (χ1) is 5.81. The van der Waals surface area contributed by atoms with Gasteiger partial charge in [-0.25, -0.2) is 0 Å². The quantitative estimate of drug-likeness (QED) is 0.547. The molecule has 2 heteroatoms. The predicted molar refractivity (Wildman–Crippen MR) is 45.3 cm³/mol. The highest BCUT2D eigenvalue weighted by Crippen LogP contribution is 2.30. The van der Waals surface area contributed by atoms with Crippen molar-refractivity contribution in [2.75, 3.05) is 13.2 Å². The molecule has 0 saturated carbocycles. The van der Waals surface area contributed by atoms with Crippen LogP contribution in [-0.2, 0) is 9.47 Å². The third kappa shape index (κ3) is 1.25. The molecule has 1 radical (unpaired) electrons. The highest BCUT2D eigenvalue weighted by molar-refractivity contribution is 5.34. The molecular weight excluding hydrogens is 152 g/mol. The standard InChI is InChI=1S/C10H11O2/c1-10(11-7-8-12-10)9-5-3-2-4-6-9/h3-6H,7-8H2,1H3. The number of allylic oxidation sites excluding steroid dienone is 2. The van der Waals surface area contributed by atoms with Crippen LogP contribution in [0.1, 0.15) is 6.92 Å². The Bertz CT molecular complexity index is 264. The van der Waals surface area contributed by atoms with Crippen molar-refractivity contribution in [1.29, 1.82) is 0 Å². The van der Waals surface area contributed by atoms with Crippen LogP contribution in [0.4, 0.5) is 0 Å². The van der Waals surface area contributed by atoms with Gasteiger partial charge in [-0.1, -0.05) is 0 Å². The van der Waals surface area contributed by atoms with Crippen LogP contribution in [0.2, 0.25) is 0 Å². The summed E-state index contributed by atoms with van der Waals surface area (Å²) in [7, 11) is 0. The zero-order valence-corrected chi connectivity index (χ0v) is 7.04. The Kier molecular flexibility index (Phi) is 1.89. The maximum atomic E-state index is 5.49. The average Bonchev–Trinajstić information content (AvgIpc) is 2.55. The van der Waals surface area contributed by atoms with Crippen LogP contribution in [0.25, 0.3) is 0 Å². The fourth-order valence-electron chi connectivity index (χ4n) is 1.37. The smallest absolute Gasteiger partial charge is 0.189 e. The molecule has 2 aliphatic rings. The van der Waals surface area contributed by atoms with Crippen molar-refractivity contribution < 1.29 is 9.47 Å². The highest BCUT2D eigenvalue weighted by atomic mass is 16.7. The lowest BCUT2D eigenvalue weighted by Crippen LogP contribution is -2.28. The molecule has 1 fully saturated rings. The largest absolute Gasteiger partial charge is 0.344 e. The molecule has 0 spiro atoms. The van der Waals surface area contributed by atoms with Crippen molar-refractivity contribution in [3.8, 4) is 0 Å². The summed E-state index contributed by atoms with van der Waals surface area (Å²) in [6.45, 7) is 3.29. The van der Waals surface area contributed by atoms with Gasteiger partial charge in [-0.05, 0) is 30.7 Å². The molecule has 63 valence electrons. The van der Waals surface area contributed by atoms with Crippen LogP contribution in [0.3, 0.4) is 0 Å². The molecule has 0 aromatic heterocycles. The number of rotatable bonds is 1. The van der Waals surface area contributed by atoms with E-state index in [-0.39, 0.29) is 0 Å². The number of hydrogen-bond donors (Lipinski definition) is 0. The van der Waals surface area contributed by atoms with Crippen molar-refractivity contribution >= 4 is 0 Å². The molecule has 1 aliphatic carbocycles. The maximum Gasteiger partial charge on any atom is 0.189 e. The van der Waals surface area contributed by atoms with Gasteiger partial charge >= 0.3 is 0 Å². The van der Waals surface area contributed by atoms with E-state index in [9.17, 15) is 0 Å². The van der Waals surface area contributed by atoms with E-state index in [0.717, 1.165) is 5.57 Å². The Labute approximate surface area is 72.2 Å². The number of ether oxygens (including phenoxy) is 2. The van der Waals surface area contributed by atoms with Crippen LogP contribution in [-0.4, -0.2) is 19.0 Å². The summed E-state index contributed by atoms with van der Waals surface area (Å²) in [5.41, 5.74) is 4.02. The van der Waals surface area contributed by atoms with Gasteiger partial charge in [-0.15, -0.1) is 5.73 Å². The van der Waals surface area contributed by atoms with Crippen molar-refractivity contribution in [1.82, 2.24) is 0 Å². The minimum absolute atomic E-state index is 0.533. The van der Waals surface area contributed by atoms with E-state index in [1.165, 1.54) is 0 Å². The minimum atomic E-state index is -0.533. The predicted octanol–water partition coefficient (Wildman–Crippen LogP) is 1.60. The highest BCUT2D eigenvalue weighted by Gasteiger charge is 2.34. The molecule has 0 aromatic carbocycles. The zero-order chi connectivity index (χ0) is 8.44. The fourth-order valence-corrected chi connectivity index (χ4v) is 1.37. The maximum absolute atomic E-state index is 5.49. The molecule has 0 amide bonds. The van der Waals surface area contributed by atoms with E-state index >= 15 is 0 Å². The van der Waals surface area contributed by atoms with E-state index in [4.69, 9.17) is 9.47 Å². The Hall–Kier alpha value is -0.820. The Morgan fingerprint density at radius 3 is 2.67 bits per heavy atom. The summed E-state index contributed by atoms with van der Waals surface area (Å²) < 4.78 is 11.0. The van der Waals surface area contributed by atoms with Crippen LogP contribution < -0.4 is 0 Å². The second-order valence-corrected chi connectivity index (χ2v) is 2.93. The van der Waals surface area contributed by atoms with Crippen LogP contribution in [0.5, 0.6) is 0 Å². The molecule has 0 N–H and O–H groups in total. The van der Waals surface area contributed by atoms with E-state index in [2.05, 4.69) is 5.73 Å². The van der Waals surface area contributed by atoms with Crippen molar-refractivity contribution in [2.45, 2.75) is 12.7 Å². The monoisotopic (exact) mass is 163 g/mol. The lowest BCUT2D eigenvalue weighted by atomic mass is 10.0. The molecule has 2 nitrogen and oxygen atoms in total. The van der Waals surface area contributed by atoms with Gasteiger partial charge in [0.2, 0.25) is 0 Å². The number of hydrogen-bond acceptors (Lipinski definition) is 2. The normalized spacial score (nSPS) is 25.9. The molecule has 1 aliphatic heterocycles. The Balaban J connectivity index is 2.18. The lowest BCUT2D eigenvalue weighted by Gasteiger charge is -2.25. The molecule has 0 unspecified atom stereocenters. The SMILES string of the molecule is CC1(C2=CC=C=C[CH]2)OCCO1. The van der Waals surface area contributed by atoms with E-state index in [1.54, 1.807) is 0 Å². The van der Waals surface area contributed by atoms with Crippen molar-refractivity contribution in [3.05, 3.63) is 36.0 Å². The molecule has 1 heterocycles. The van der Waals surface area contributed by atoms with Crippen molar-refractivity contribution in [3.63, 3.8) is 0 Å². The van der Waals surface area contributed by atoms with Gasteiger partial charge in [0.05, 0.1) is 13.2 Å². The van der Waals surface area contributed by atoms with Crippen LogP contribution in [0.15, 0.2) is 29.5 Å². The fraction of sp³-hybridized carbons (Fsp3) is 0.400. The first-order valence-electron chi connectivity index (χ1n) is 4.06. The third-order valence-electron chi connectivity index (χ3n) is 2.08. The summed E-state index contributed by atoms with van der Waals surface area (Å²) >= 11 is 0. The zero-order valence-electron chi connectivity index (χ0n) is 7.04. The van der Waals surface area contributed by atoms with Gasteiger partial charge in [0, 0.05) is 6.42 Å². The lowest BCUT2D eigenvalue weighted by molar-refractivity contribution is -0.108. The van der Waals surface area contributed by atoms with E-state index < -0.39 is 5.79 Å². The van der Waals surface area contributed by atoms with Crippen molar-refractivity contribution in [2.24, 2.45) is 0 Å². The molecule has 2 rings (SSSR count). The molecular formula is C10H11O2. The minimum Gasteiger partial charge on any atom is -0.344 e. The van der Waals surface area contributed by atoms with Gasteiger partial charge in [0.25, 0.3) is 0 Å². The molecule has 0 atom stereocenters. The molecule has 0 bridgehead atoms. The van der Waals surface area contributed by atoms with Gasteiger partial charge in [-0.2, -0.15) is 0 Å². The molecule has 1 saturated heterocycles. The summed E-state index contributed by atoms with van der Waals surface area (Å²) in [5, 5.41) is 0. The molecule has 0 aromatic rings. The topological polar surface area (TPSA) is 18.5 Å². The molecule has 12 heavy (non-hydrogen) atoms. The van der Waals surface area contributed by atoms with Gasteiger partial charge in [-0.3, -0.25) is 0 Å². The second-order valence-electron chi connectivity index (χ2n) is 2.93. The summed E-state index contributed by atoms with van der Waals surface area (Å²) in [4.78, 5) is 0. The Morgan fingerprint density at radius 2 is 2.08 bits per heavy atom. The Morgan fingerprint density at radius 1 is 1.33 bits per heavy atom. The second kappa shape index (κ2) is 2.91. The van der Waals surface area contributed by atoms with E-state index in [1.807, 2.05) is 31.6 Å². The third-order valence-corrected chi connectivity index (χ3v) is 2.08. The summed E-state index contributed by atoms with van der Waals surface area (Å²) in [6.07, 6.45) is 7.66. The first kappa shape index (κ1) is 7.81.